The molecule has 0 atom stereocenters. The van der Waals surface area contributed by atoms with Crippen molar-refractivity contribution in [2.24, 2.45) is 0 Å². The number of hydrogen-bond acceptors (Lipinski definition) is 3. The van der Waals surface area contributed by atoms with Gasteiger partial charge in [-0.15, -0.1) is 0 Å². The number of anilines is 1. The SMILES string of the molecule is O=C(COC1CCC(O)CC1)Nc1cccc(F)c1. The molecule has 1 saturated carbocycles. The van der Waals surface area contributed by atoms with Crippen molar-refractivity contribution in [3.8, 4) is 0 Å². The number of amides is 1. The summed E-state index contributed by atoms with van der Waals surface area (Å²) in [7, 11) is 0. The highest BCUT2D eigenvalue weighted by atomic mass is 19.1. The number of carbonyl (C=O) groups is 1. The van der Waals surface area contributed by atoms with Crippen molar-refractivity contribution in [2.75, 3.05) is 11.9 Å². The van der Waals surface area contributed by atoms with Gasteiger partial charge in [0.1, 0.15) is 12.4 Å². The topological polar surface area (TPSA) is 58.6 Å². The molecule has 0 unspecified atom stereocenters. The molecule has 0 aliphatic heterocycles. The van der Waals surface area contributed by atoms with E-state index >= 15 is 0 Å². The molecule has 0 bridgehead atoms. The van der Waals surface area contributed by atoms with Crippen molar-refractivity contribution in [3.05, 3.63) is 30.1 Å². The van der Waals surface area contributed by atoms with E-state index in [2.05, 4.69) is 5.32 Å². The van der Waals surface area contributed by atoms with Gasteiger partial charge in [0.15, 0.2) is 0 Å². The van der Waals surface area contributed by atoms with E-state index in [-0.39, 0.29) is 30.5 Å². The molecule has 2 N–H and O–H groups in total. The maximum atomic E-state index is 12.9. The van der Waals surface area contributed by atoms with Crippen molar-refractivity contribution in [3.63, 3.8) is 0 Å². The summed E-state index contributed by atoms with van der Waals surface area (Å²) in [4.78, 5) is 11.6. The molecule has 1 aromatic carbocycles. The van der Waals surface area contributed by atoms with Crippen molar-refractivity contribution >= 4 is 11.6 Å². The molecule has 5 heteroatoms. The van der Waals surface area contributed by atoms with Crippen molar-refractivity contribution in [1.29, 1.82) is 0 Å². The van der Waals surface area contributed by atoms with Crippen molar-refractivity contribution < 1.29 is 19.0 Å². The number of ether oxygens (including phenoxy) is 1. The van der Waals surface area contributed by atoms with E-state index in [4.69, 9.17) is 4.74 Å². The molecule has 104 valence electrons. The Morgan fingerprint density at radius 1 is 1.37 bits per heavy atom. The van der Waals surface area contributed by atoms with E-state index in [1.165, 1.54) is 18.2 Å². The first-order valence-electron chi connectivity index (χ1n) is 6.48. The van der Waals surface area contributed by atoms with Crippen LogP contribution in [0.15, 0.2) is 24.3 Å². The predicted octanol–water partition coefficient (Wildman–Crippen LogP) is 2.08. The summed E-state index contributed by atoms with van der Waals surface area (Å²) in [5, 5.41) is 11.9. The molecule has 0 radical (unpaired) electrons. The van der Waals surface area contributed by atoms with Gasteiger partial charge in [0, 0.05) is 5.69 Å². The quantitative estimate of drug-likeness (QED) is 0.878. The van der Waals surface area contributed by atoms with Crippen LogP contribution in [0.2, 0.25) is 0 Å². The van der Waals surface area contributed by atoms with Crippen molar-refractivity contribution in [1.82, 2.24) is 0 Å². The zero-order valence-electron chi connectivity index (χ0n) is 10.6. The fourth-order valence-corrected chi connectivity index (χ4v) is 2.17. The highest BCUT2D eigenvalue weighted by Crippen LogP contribution is 2.20. The lowest BCUT2D eigenvalue weighted by Crippen LogP contribution is -2.28. The molecule has 0 saturated heterocycles. The maximum absolute atomic E-state index is 12.9. The van der Waals surface area contributed by atoms with E-state index in [1.54, 1.807) is 6.07 Å². The molecule has 1 amide bonds. The fraction of sp³-hybridized carbons (Fsp3) is 0.500. The Morgan fingerprint density at radius 2 is 2.11 bits per heavy atom. The minimum atomic E-state index is -0.389. The van der Waals surface area contributed by atoms with Gasteiger partial charge < -0.3 is 15.2 Å². The Bertz CT molecular complexity index is 430. The highest BCUT2D eigenvalue weighted by molar-refractivity contribution is 5.91. The van der Waals surface area contributed by atoms with E-state index in [1.807, 2.05) is 0 Å². The first kappa shape index (κ1) is 14.0. The summed E-state index contributed by atoms with van der Waals surface area (Å²) in [6.45, 7) is -0.0444. The zero-order chi connectivity index (χ0) is 13.7. The van der Waals surface area contributed by atoms with Gasteiger partial charge in [0.2, 0.25) is 5.91 Å². The Balaban J connectivity index is 1.73. The van der Waals surface area contributed by atoms with Gasteiger partial charge in [0.25, 0.3) is 0 Å². The van der Waals surface area contributed by atoms with E-state index in [0.717, 1.165) is 25.7 Å². The average molecular weight is 267 g/mol. The number of halogens is 1. The number of aliphatic hydroxyl groups excluding tert-OH is 1. The monoisotopic (exact) mass is 267 g/mol. The standard InChI is InChI=1S/C14H18FNO3/c15-10-2-1-3-11(8-10)16-14(18)9-19-13-6-4-12(17)5-7-13/h1-3,8,12-13,17H,4-7,9H2,(H,16,18). The van der Waals surface area contributed by atoms with Crippen LogP contribution in [0.1, 0.15) is 25.7 Å². The molecule has 1 aromatic rings. The maximum Gasteiger partial charge on any atom is 0.250 e. The third kappa shape index (κ3) is 4.61. The van der Waals surface area contributed by atoms with E-state index in [9.17, 15) is 14.3 Å². The van der Waals surface area contributed by atoms with Crippen LogP contribution in [0, 0.1) is 5.82 Å². The second-order valence-corrected chi connectivity index (χ2v) is 4.80. The first-order chi connectivity index (χ1) is 9.13. The van der Waals surface area contributed by atoms with Crippen LogP contribution in [0.25, 0.3) is 0 Å². The van der Waals surface area contributed by atoms with Crippen molar-refractivity contribution in [2.45, 2.75) is 37.9 Å². The van der Waals surface area contributed by atoms with Crippen LogP contribution in [-0.2, 0) is 9.53 Å². The normalized spacial score (nSPS) is 23.1. The van der Waals surface area contributed by atoms with E-state index < -0.39 is 0 Å². The number of carbonyl (C=O) groups excluding carboxylic acids is 1. The lowest BCUT2D eigenvalue weighted by atomic mass is 9.95. The fourth-order valence-electron chi connectivity index (χ4n) is 2.17. The lowest BCUT2D eigenvalue weighted by Gasteiger charge is -2.25. The van der Waals surface area contributed by atoms with E-state index in [0.29, 0.717) is 5.69 Å². The molecule has 0 heterocycles. The molecule has 1 aliphatic carbocycles. The summed E-state index contributed by atoms with van der Waals surface area (Å²) in [5.41, 5.74) is 0.424. The molecular formula is C14H18FNO3. The number of hydrogen-bond donors (Lipinski definition) is 2. The Kier molecular flexibility index (Phi) is 4.87. The van der Waals surface area contributed by atoms with Gasteiger partial charge in [-0.1, -0.05) is 6.07 Å². The highest BCUT2D eigenvalue weighted by Gasteiger charge is 2.20. The van der Waals surface area contributed by atoms with Gasteiger partial charge in [-0.05, 0) is 43.9 Å². The first-order valence-corrected chi connectivity index (χ1v) is 6.48. The summed E-state index contributed by atoms with van der Waals surface area (Å²) < 4.78 is 18.4. The smallest absolute Gasteiger partial charge is 0.250 e. The molecule has 0 aromatic heterocycles. The molecule has 0 spiro atoms. The van der Waals surface area contributed by atoms with Gasteiger partial charge in [-0.25, -0.2) is 4.39 Å². The molecule has 19 heavy (non-hydrogen) atoms. The third-order valence-corrected chi connectivity index (χ3v) is 3.20. The average Bonchev–Trinajstić information content (AvgIpc) is 2.38. The Labute approximate surface area is 111 Å². The zero-order valence-corrected chi connectivity index (χ0v) is 10.6. The number of rotatable bonds is 4. The van der Waals surface area contributed by atoms with Crippen LogP contribution < -0.4 is 5.32 Å². The van der Waals surface area contributed by atoms with Gasteiger partial charge in [0.05, 0.1) is 12.2 Å². The summed E-state index contributed by atoms with van der Waals surface area (Å²) in [6.07, 6.45) is 2.78. The lowest BCUT2D eigenvalue weighted by molar-refractivity contribution is -0.123. The Hall–Kier alpha value is -1.46. The van der Waals surface area contributed by atoms with Gasteiger partial charge >= 0.3 is 0 Å². The largest absolute Gasteiger partial charge is 0.393 e. The second kappa shape index (κ2) is 6.63. The van der Waals surface area contributed by atoms with Gasteiger partial charge in [-0.2, -0.15) is 0 Å². The second-order valence-electron chi connectivity index (χ2n) is 4.80. The summed E-state index contributed by atoms with van der Waals surface area (Å²) >= 11 is 0. The summed E-state index contributed by atoms with van der Waals surface area (Å²) in [6, 6.07) is 5.74. The van der Waals surface area contributed by atoms with Crippen LogP contribution in [-0.4, -0.2) is 29.8 Å². The van der Waals surface area contributed by atoms with Crippen LogP contribution in [0.4, 0.5) is 10.1 Å². The number of aliphatic hydroxyl groups is 1. The molecular weight excluding hydrogens is 249 g/mol. The van der Waals surface area contributed by atoms with Crippen LogP contribution in [0.5, 0.6) is 0 Å². The van der Waals surface area contributed by atoms with Gasteiger partial charge in [-0.3, -0.25) is 4.79 Å². The number of nitrogens with one attached hydrogen (secondary N) is 1. The Morgan fingerprint density at radius 3 is 2.79 bits per heavy atom. The summed E-state index contributed by atoms with van der Waals surface area (Å²) in [5.74, 6) is -0.684. The predicted molar refractivity (Wildman–Crippen MR) is 69.2 cm³/mol. The molecule has 2 rings (SSSR count). The minimum absolute atomic E-state index is 0.0293. The molecule has 1 aliphatic rings. The molecule has 1 fully saturated rings. The van der Waals surface area contributed by atoms with Crippen LogP contribution >= 0.6 is 0 Å². The minimum Gasteiger partial charge on any atom is -0.393 e. The molecule has 4 nitrogen and oxygen atoms in total. The van der Waals surface area contributed by atoms with Crippen LogP contribution in [0.3, 0.4) is 0 Å². The third-order valence-electron chi connectivity index (χ3n) is 3.20. The number of benzene rings is 1.